The number of nitrogens with one attached hydrogen (secondary N) is 1. The van der Waals surface area contributed by atoms with Gasteiger partial charge in [-0.15, -0.1) is 0 Å². The summed E-state index contributed by atoms with van der Waals surface area (Å²) < 4.78 is 23.7. The van der Waals surface area contributed by atoms with E-state index >= 15 is 0 Å². The van der Waals surface area contributed by atoms with Gasteiger partial charge < -0.3 is 24.0 Å². The average Bonchev–Trinajstić information content (AvgIpc) is 2.41. The maximum atomic E-state index is 6.32. The van der Waals surface area contributed by atoms with Crippen LogP contribution in [0.5, 0.6) is 0 Å². The quantitative estimate of drug-likeness (QED) is 0.348. The molecule has 5 nitrogen and oxygen atoms in total. The van der Waals surface area contributed by atoms with Gasteiger partial charge in [0.05, 0.1) is 0 Å². The summed E-state index contributed by atoms with van der Waals surface area (Å²) >= 11 is 0. The average molecular weight is 362 g/mol. The molecule has 1 saturated heterocycles. The maximum absolute atomic E-state index is 6.32. The van der Waals surface area contributed by atoms with Crippen LogP contribution in [0.15, 0.2) is 0 Å². The molecule has 1 fully saturated rings. The molecule has 0 aromatic rings. The molecule has 1 aliphatic rings. The third kappa shape index (κ3) is 7.50. The van der Waals surface area contributed by atoms with Crippen LogP contribution in [-0.4, -0.2) is 52.7 Å². The van der Waals surface area contributed by atoms with E-state index in [0.29, 0.717) is 25.9 Å². The van der Waals surface area contributed by atoms with E-state index < -0.39 is 15.7 Å². The van der Waals surface area contributed by atoms with Crippen molar-refractivity contribution in [3.8, 4) is 0 Å². The largest absolute Gasteiger partial charge is 0.421 e. The standard InChI is InChI=1S/C18H39NO4Si/c1-8-20-18(21-9-2,22-10-3)11-12-24-23-15-13-16(4,5)19-17(6,7)14-15/h15,19H,8-14,24H2,1-7H3. The van der Waals surface area contributed by atoms with Crippen molar-refractivity contribution in [3.63, 3.8) is 0 Å². The Morgan fingerprint density at radius 3 is 1.79 bits per heavy atom. The molecule has 0 aromatic carbocycles. The zero-order valence-electron chi connectivity index (χ0n) is 16.9. The van der Waals surface area contributed by atoms with Crippen LogP contribution in [0.2, 0.25) is 6.04 Å². The highest BCUT2D eigenvalue weighted by molar-refractivity contribution is 6.27. The molecule has 0 atom stereocenters. The lowest BCUT2D eigenvalue weighted by Gasteiger charge is -2.46. The molecule has 6 heteroatoms. The fourth-order valence-electron chi connectivity index (χ4n) is 3.89. The minimum Gasteiger partial charge on any atom is -0.421 e. The zero-order valence-corrected chi connectivity index (χ0v) is 18.3. The van der Waals surface area contributed by atoms with E-state index in [2.05, 4.69) is 33.0 Å². The van der Waals surface area contributed by atoms with Crippen LogP contribution in [-0.2, 0) is 18.6 Å². The third-order valence-electron chi connectivity index (χ3n) is 4.23. The first-order valence-electron chi connectivity index (χ1n) is 9.50. The highest BCUT2D eigenvalue weighted by Crippen LogP contribution is 2.30. The van der Waals surface area contributed by atoms with E-state index in [1.54, 1.807) is 0 Å². The van der Waals surface area contributed by atoms with Crippen LogP contribution in [0.1, 0.15) is 67.7 Å². The van der Waals surface area contributed by atoms with Gasteiger partial charge in [0.25, 0.3) is 5.97 Å². The Morgan fingerprint density at radius 1 is 0.917 bits per heavy atom. The molecule has 1 aliphatic heterocycles. The van der Waals surface area contributed by atoms with Crippen molar-refractivity contribution >= 4 is 9.76 Å². The van der Waals surface area contributed by atoms with E-state index in [-0.39, 0.29) is 11.1 Å². The molecule has 1 heterocycles. The molecular formula is C18H39NO4Si. The van der Waals surface area contributed by atoms with Crippen molar-refractivity contribution in [2.24, 2.45) is 0 Å². The van der Waals surface area contributed by atoms with E-state index in [0.717, 1.165) is 25.3 Å². The molecule has 1 N–H and O–H groups in total. The highest BCUT2D eigenvalue weighted by atomic mass is 28.2. The van der Waals surface area contributed by atoms with Gasteiger partial charge in [-0.2, -0.15) is 0 Å². The second kappa shape index (κ2) is 9.64. The van der Waals surface area contributed by atoms with E-state index in [1.807, 2.05) is 20.8 Å². The van der Waals surface area contributed by atoms with Gasteiger partial charge in [0, 0.05) is 43.4 Å². The first-order valence-corrected chi connectivity index (χ1v) is 11.1. The van der Waals surface area contributed by atoms with Crippen molar-refractivity contribution in [3.05, 3.63) is 0 Å². The van der Waals surface area contributed by atoms with Crippen LogP contribution in [0, 0.1) is 0 Å². The van der Waals surface area contributed by atoms with Crippen LogP contribution in [0.4, 0.5) is 0 Å². The number of rotatable bonds is 11. The second-order valence-corrected chi connectivity index (χ2v) is 9.33. The predicted molar refractivity (Wildman–Crippen MR) is 101 cm³/mol. The topological polar surface area (TPSA) is 49.0 Å². The predicted octanol–water partition coefficient (Wildman–Crippen LogP) is 2.97. The Balaban J connectivity index is 2.47. The number of piperidine rings is 1. The molecule has 0 aliphatic carbocycles. The highest BCUT2D eigenvalue weighted by Gasteiger charge is 2.38. The number of ether oxygens (including phenoxy) is 3. The minimum absolute atomic E-state index is 0.131. The Bertz CT molecular complexity index is 330. The van der Waals surface area contributed by atoms with Crippen molar-refractivity contribution < 1.29 is 18.6 Å². The summed E-state index contributed by atoms with van der Waals surface area (Å²) in [7, 11) is -0.629. The van der Waals surface area contributed by atoms with Crippen LogP contribution >= 0.6 is 0 Å². The lowest BCUT2D eigenvalue weighted by molar-refractivity contribution is -0.377. The molecule has 0 aromatic heterocycles. The summed E-state index contributed by atoms with van der Waals surface area (Å²) in [6.45, 7) is 16.7. The molecule has 0 amide bonds. The first-order chi connectivity index (χ1) is 11.2. The summed E-state index contributed by atoms with van der Waals surface area (Å²) in [6, 6.07) is 0.991. The van der Waals surface area contributed by atoms with E-state index in [9.17, 15) is 0 Å². The van der Waals surface area contributed by atoms with Gasteiger partial charge in [-0.3, -0.25) is 0 Å². The van der Waals surface area contributed by atoms with Gasteiger partial charge in [-0.05, 0) is 67.4 Å². The van der Waals surface area contributed by atoms with Crippen molar-refractivity contribution in [1.82, 2.24) is 5.32 Å². The van der Waals surface area contributed by atoms with Gasteiger partial charge in [0.2, 0.25) is 0 Å². The lowest BCUT2D eigenvalue weighted by Crippen LogP contribution is -2.59. The van der Waals surface area contributed by atoms with Crippen molar-refractivity contribution in [1.29, 1.82) is 0 Å². The monoisotopic (exact) mass is 361 g/mol. The summed E-state index contributed by atoms with van der Waals surface area (Å²) in [5, 5.41) is 3.70. The molecule has 144 valence electrons. The fourth-order valence-corrected chi connectivity index (χ4v) is 5.20. The van der Waals surface area contributed by atoms with Crippen molar-refractivity contribution in [2.45, 2.75) is 96.9 Å². The molecule has 1 rings (SSSR count). The van der Waals surface area contributed by atoms with Crippen LogP contribution in [0.3, 0.4) is 0 Å². The summed E-state index contributed by atoms with van der Waals surface area (Å²) in [4.78, 5) is 0. The number of hydrogen-bond acceptors (Lipinski definition) is 5. The van der Waals surface area contributed by atoms with Gasteiger partial charge in [0.1, 0.15) is 0 Å². The molecule has 0 spiro atoms. The summed E-state index contributed by atoms with van der Waals surface area (Å²) in [5.74, 6) is -0.888. The van der Waals surface area contributed by atoms with Crippen LogP contribution < -0.4 is 5.32 Å². The lowest BCUT2D eigenvalue weighted by atomic mass is 9.81. The summed E-state index contributed by atoms with van der Waals surface area (Å²) in [6.07, 6.45) is 3.23. The molecule has 0 saturated carbocycles. The molecule has 24 heavy (non-hydrogen) atoms. The maximum Gasteiger partial charge on any atom is 0.282 e. The first kappa shape index (κ1) is 22.1. The Kier molecular flexibility index (Phi) is 8.86. The Hall–Kier alpha value is 0.0169. The minimum atomic E-state index is -0.888. The second-order valence-electron chi connectivity index (χ2n) is 7.88. The van der Waals surface area contributed by atoms with Crippen molar-refractivity contribution in [2.75, 3.05) is 19.8 Å². The molecule has 0 radical (unpaired) electrons. The fraction of sp³-hybridized carbons (Fsp3) is 1.00. The summed E-state index contributed by atoms with van der Waals surface area (Å²) in [5.41, 5.74) is 0.263. The zero-order chi connectivity index (χ0) is 18.3. The van der Waals surface area contributed by atoms with E-state index in [1.165, 1.54) is 0 Å². The number of hydrogen-bond donors (Lipinski definition) is 1. The van der Waals surface area contributed by atoms with Crippen LogP contribution in [0.25, 0.3) is 0 Å². The molecule has 0 bridgehead atoms. The Morgan fingerprint density at radius 2 is 1.38 bits per heavy atom. The van der Waals surface area contributed by atoms with Gasteiger partial charge in [-0.1, -0.05) is 0 Å². The Labute approximate surface area is 151 Å². The van der Waals surface area contributed by atoms with Gasteiger partial charge in [0.15, 0.2) is 9.76 Å². The van der Waals surface area contributed by atoms with E-state index in [4.69, 9.17) is 18.6 Å². The SMILES string of the molecule is CCOC(CC[SiH2]OC1CC(C)(C)NC(C)(C)C1)(OCC)OCC. The normalized spacial score (nSPS) is 21.6. The smallest absolute Gasteiger partial charge is 0.282 e. The van der Waals surface area contributed by atoms with Gasteiger partial charge in [-0.25, -0.2) is 0 Å². The molecule has 0 unspecified atom stereocenters. The third-order valence-corrected chi connectivity index (χ3v) is 5.58. The van der Waals surface area contributed by atoms with Gasteiger partial charge >= 0.3 is 0 Å². The molecular weight excluding hydrogens is 322 g/mol.